The van der Waals surface area contributed by atoms with Crippen LogP contribution in [0.3, 0.4) is 0 Å². The lowest BCUT2D eigenvalue weighted by atomic mass is 10.2. The van der Waals surface area contributed by atoms with Gasteiger partial charge in [0, 0.05) is 4.90 Å². The SMILES string of the molecule is CCSc1cccc(C(=O)OC)c1F. The molecule has 0 heterocycles. The topological polar surface area (TPSA) is 26.3 Å². The zero-order valence-electron chi connectivity index (χ0n) is 8.04. The van der Waals surface area contributed by atoms with Crippen LogP contribution in [0.4, 0.5) is 4.39 Å². The van der Waals surface area contributed by atoms with Crippen molar-refractivity contribution < 1.29 is 13.9 Å². The van der Waals surface area contributed by atoms with Gasteiger partial charge in [0.25, 0.3) is 0 Å². The number of thioether (sulfide) groups is 1. The quantitative estimate of drug-likeness (QED) is 0.571. The number of esters is 1. The molecule has 0 aliphatic rings. The van der Waals surface area contributed by atoms with Crippen LogP contribution >= 0.6 is 11.8 Å². The molecule has 0 aliphatic heterocycles. The molecule has 1 aromatic rings. The van der Waals surface area contributed by atoms with Gasteiger partial charge in [-0.2, -0.15) is 0 Å². The Kier molecular flexibility index (Phi) is 3.95. The Hall–Kier alpha value is -1.03. The van der Waals surface area contributed by atoms with Crippen LogP contribution in [-0.2, 0) is 4.74 Å². The van der Waals surface area contributed by atoms with E-state index < -0.39 is 11.8 Å². The smallest absolute Gasteiger partial charge is 0.340 e. The molecule has 0 N–H and O–H groups in total. The van der Waals surface area contributed by atoms with Gasteiger partial charge in [-0.3, -0.25) is 0 Å². The van der Waals surface area contributed by atoms with Crippen molar-refractivity contribution in [2.24, 2.45) is 0 Å². The third kappa shape index (κ3) is 2.26. The van der Waals surface area contributed by atoms with Gasteiger partial charge in [-0.15, -0.1) is 11.8 Å². The van der Waals surface area contributed by atoms with Crippen molar-refractivity contribution in [3.8, 4) is 0 Å². The predicted molar refractivity (Wildman–Crippen MR) is 54.1 cm³/mol. The number of ether oxygens (including phenoxy) is 1. The minimum absolute atomic E-state index is 0.00838. The molecule has 0 unspecified atom stereocenters. The van der Waals surface area contributed by atoms with Crippen LogP contribution in [-0.4, -0.2) is 18.8 Å². The highest BCUT2D eigenvalue weighted by Crippen LogP contribution is 2.23. The predicted octanol–water partition coefficient (Wildman–Crippen LogP) is 2.72. The first-order chi connectivity index (χ1) is 6.70. The van der Waals surface area contributed by atoms with Gasteiger partial charge in [0.15, 0.2) is 5.82 Å². The second kappa shape index (κ2) is 5.00. The molecule has 0 fully saturated rings. The van der Waals surface area contributed by atoms with E-state index in [1.54, 1.807) is 12.1 Å². The van der Waals surface area contributed by atoms with Crippen LogP contribution in [0.15, 0.2) is 23.1 Å². The van der Waals surface area contributed by atoms with Gasteiger partial charge < -0.3 is 4.74 Å². The molecule has 0 radical (unpaired) electrons. The molecule has 0 amide bonds. The number of benzene rings is 1. The van der Waals surface area contributed by atoms with Gasteiger partial charge in [-0.25, -0.2) is 9.18 Å². The number of halogens is 1. The Morgan fingerprint density at radius 1 is 1.57 bits per heavy atom. The third-order valence-electron chi connectivity index (χ3n) is 1.67. The number of hydrogen-bond donors (Lipinski definition) is 0. The van der Waals surface area contributed by atoms with E-state index in [4.69, 9.17) is 0 Å². The summed E-state index contributed by atoms with van der Waals surface area (Å²) in [5.41, 5.74) is -0.00838. The van der Waals surface area contributed by atoms with E-state index in [0.717, 1.165) is 5.75 Å². The Morgan fingerprint density at radius 2 is 2.29 bits per heavy atom. The van der Waals surface area contributed by atoms with Crippen molar-refractivity contribution in [2.75, 3.05) is 12.9 Å². The number of rotatable bonds is 3. The molecule has 76 valence electrons. The number of hydrogen-bond acceptors (Lipinski definition) is 3. The molecule has 0 aromatic heterocycles. The molecule has 0 aliphatic carbocycles. The third-order valence-corrected chi connectivity index (χ3v) is 2.58. The van der Waals surface area contributed by atoms with Crippen LogP contribution in [0.1, 0.15) is 17.3 Å². The van der Waals surface area contributed by atoms with Crippen LogP contribution < -0.4 is 0 Å². The molecule has 0 saturated heterocycles. The molecule has 2 nitrogen and oxygen atoms in total. The molecule has 4 heteroatoms. The molecular formula is C10H11FO2S. The van der Waals surface area contributed by atoms with Crippen molar-refractivity contribution in [1.29, 1.82) is 0 Å². The normalized spacial score (nSPS) is 9.93. The van der Waals surface area contributed by atoms with Gasteiger partial charge in [-0.1, -0.05) is 13.0 Å². The monoisotopic (exact) mass is 214 g/mol. The van der Waals surface area contributed by atoms with Gasteiger partial charge >= 0.3 is 5.97 Å². The first-order valence-electron chi connectivity index (χ1n) is 4.20. The fraction of sp³-hybridized carbons (Fsp3) is 0.300. The van der Waals surface area contributed by atoms with E-state index in [0.29, 0.717) is 4.90 Å². The van der Waals surface area contributed by atoms with E-state index >= 15 is 0 Å². The van der Waals surface area contributed by atoms with Crippen LogP contribution in [0.2, 0.25) is 0 Å². The Labute approximate surface area is 86.5 Å². The largest absolute Gasteiger partial charge is 0.465 e. The Bertz CT molecular complexity index is 339. The fourth-order valence-corrected chi connectivity index (χ4v) is 1.77. The number of carbonyl (C=O) groups is 1. The average Bonchev–Trinajstić information content (AvgIpc) is 2.20. The van der Waals surface area contributed by atoms with Gasteiger partial charge in [-0.05, 0) is 17.9 Å². The summed E-state index contributed by atoms with van der Waals surface area (Å²) in [6.45, 7) is 1.93. The maximum absolute atomic E-state index is 13.6. The summed E-state index contributed by atoms with van der Waals surface area (Å²) in [7, 11) is 1.24. The molecular weight excluding hydrogens is 203 g/mol. The second-order valence-corrected chi connectivity index (χ2v) is 3.85. The first kappa shape index (κ1) is 11.0. The fourth-order valence-electron chi connectivity index (χ4n) is 1.05. The van der Waals surface area contributed by atoms with Crippen molar-refractivity contribution in [3.05, 3.63) is 29.6 Å². The van der Waals surface area contributed by atoms with Crippen LogP contribution in [0, 0.1) is 5.82 Å². The van der Waals surface area contributed by atoms with E-state index in [2.05, 4.69) is 4.74 Å². The summed E-state index contributed by atoms with van der Waals surface area (Å²) in [6, 6.07) is 4.71. The standard InChI is InChI=1S/C10H11FO2S/c1-3-14-8-6-4-5-7(9(8)11)10(12)13-2/h4-6H,3H2,1-2H3. The minimum Gasteiger partial charge on any atom is -0.465 e. The van der Waals surface area contributed by atoms with E-state index in [-0.39, 0.29) is 5.56 Å². The lowest BCUT2D eigenvalue weighted by Gasteiger charge is -2.04. The highest BCUT2D eigenvalue weighted by molar-refractivity contribution is 7.99. The van der Waals surface area contributed by atoms with E-state index in [1.165, 1.54) is 24.9 Å². The average molecular weight is 214 g/mol. The summed E-state index contributed by atoms with van der Waals surface area (Å²) in [5, 5.41) is 0. The first-order valence-corrected chi connectivity index (χ1v) is 5.19. The zero-order valence-corrected chi connectivity index (χ0v) is 8.86. The van der Waals surface area contributed by atoms with Gasteiger partial charge in [0.1, 0.15) is 0 Å². The summed E-state index contributed by atoms with van der Waals surface area (Å²) in [4.78, 5) is 11.6. The van der Waals surface area contributed by atoms with Crippen molar-refractivity contribution in [2.45, 2.75) is 11.8 Å². The zero-order chi connectivity index (χ0) is 10.6. The summed E-state index contributed by atoms with van der Waals surface area (Å²) < 4.78 is 18.0. The lowest BCUT2D eigenvalue weighted by molar-refractivity contribution is 0.0595. The minimum atomic E-state index is -0.638. The highest BCUT2D eigenvalue weighted by Gasteiger charge is 2.14. The summed E-state index contributed by atoms with van der Waals surface area (Å²) in [5.74, 6) is -0.367. The van der Waals surface area contributed by atoms with Crippen molar-refractivity contribution >= 4 is 17.7 Å². The van der Waals surface area contributed by atoms with Crippen molar-refractivity contribution in [3.63, 3.8) is 0 Å². The number of methoxy groups -OCH3 is 1. The summed E-state index contributed by atoms with van der Waals surface area (Å²) >= 11 is 1.36. The van der Waals surface area contributed by atoms with Crippen LogP contribution in [0.25, 0.3) is 0 Å². The van der Waals surface area contributed by atoms with Gasteiger partial charge in [0.2, 0.25) is 0 Å². The molecule has 0 atom stereocenters. The van der Waals surface area contributed by atoms with E-state index in [1.807, 2.05) is 6.92 Å². The van der Waals surface area contributed by atoms with Crippen LogP contribution in [0.5, 0.6) is 0 Å². The highest BCUT2D eigenvalue weighted by atomic mass is 32.2. The lowest BCUT2D eigenvalue weighted by Crippen LogP contribution is -2.04. The molecule has 1 aromatic carbocycles. The number of carbonyl (C=O) groups excluding carboxylic acids is 1. The molecule has 0 bridgehead atoms. The molecule has 1 rings (SSSR count). The Morgan fingerprint density at radius 3 is 2.86 bits per heavy atom. The molecule has 0 saturated carbocycles. The summed E-state index contributed by atoms with van der Waals surface area (Å²) in [6.07, 6.45) is 0. The molecule has 0 spiro atoms. The van der Waals surface area contributed by atoms with Gasteiger partial charge in [0.05, 0.1) is 12.7 Å². The molecule has 14 heavy (non-hydrogen) atoms. The Balaban J connectivity index is 3.07. The maximum atomic E-state index is 13.6. The maximum Gasteiger partial charge on any atom is 0.340 e. The second-order valence-electron chi connectivity index (χ2n) is 2.54. The van der Waals surface area contributed by atoms with Crippen molar-refractivity contribution in [1.82, 2.24) is 0 Å². The van der Waals surface area contributed by atoms with E-state index in [9.17, 15) is 9.18 Å².